The summed E-state index contributed by atoms with van der Waals surface area (Å²) >= 11 is 0. The van der Waals surface area contributed by atoms with Crippen molar-refractivity contribution in [3.05, 3.63) is 78.1 Å². The third-order valence-electron chi connectivity index (χ3n) is 4.84. The second-order valence-electron chi connectivity index (χ2n) is 6.73. The van der Waals surface area contributed by atoms with Crippen molar-refractivity contribution < 1.29 is 4.79 Å². The fourth-order valence-corrected chi connectivity index (χ4v) is 3.41. The summed E-state index contributed by atoms with van der Waals surface area (Å²) in [5, 5.41) is 0. The first-order valence-corrected chi connectivity index (χ1v) is 8.76. The predicted molar refractivity (Wildman–Crippen MR) is 106 cm³/mol. The number of aromatic nitrogens is 1. The van der Waals surface area contributed by atoms with Gasteiger partial charge in [0.1, 0.15) is 0 Å². The number of pyridine rings is 1. The summed E-state index contributed by atoms with van der Waals surface area (Å²) in [5.41, 5.74) is 6.30. The van der Waals surface area contributed by atoms with Gasteiger partial charge in [-0.3, -0.25) is 9.78 Å². The number of fused-ring (bicyclic) bond motifs is 1. The van der Waals surface area contributed by atoms with E-state index in [1.165, 1.54) is 5.56 Å². The van der Waals surface area contributed by atoms with Crippen molar-refractivity contribution in [2.75, 3.05) is 30.4 Å². The maximum absolute atomic E-state index is 13.0. The Balaban J connectivity index is 1.64. The molecule has 1 amide bonds. The average Bonchev–Trinajstić information content (AvgIpc) is 3.11. The number of rotatable bonds is 3. The molecule has 0 atom stereocenters. The topological polar surface area (TPSA) is 36.4 Å². The zero-order chi connectivity index (χ0) is 18.1. The molecule has 0 spiro atoms. The molecule has 4 rings (SSSR count). The maximum Gasteiger partial charge on any atom is 0.258 e. The molecule has 4 heteroatoms. The average molecular weight is 343 g/mol. The molecule has 0 N–H and O–H groups in total. The first kappa shape index (κ1) is 16.3. The van der Waals surface area contributed by atoms with Crippen LogP contribution in [-0.2, 0) is 6.42 Å². The molecule has 1 aliphatic heterocycles. The van der Waals surface area contributed by atoms with Crippen molar-refractivity contribution in [2.24, 2.45) is 0 Å². The van der Waals surface area contributed by atoms with E-state index in [1.54, 1.807) is 12.4 Å². The molecule has 0 saturated heterocycles. The first-order valence-electron chi connectivity index (χ1n) is 8.76. The normalized spacial score (nSPS) is 12.8. The fourth-order valence-electron chi connectivity index (χ4n) is 3.41. The summed E-state index contributed by atoms with van der Waals surface area (Å²) < 4.78 is 0. The molecule has 0 aliphatic carbocycles. The zero-order valence-corrected chi connectivity index (χ0v) is 15.0. The van der Waals surface area contributed by atoms with Crippen molar-refractivity contribution in [3.8, 4) is 11.1 Å². The second kappa shape index (κ2) is 6.64. The molecule has 1 aliphatic rings. The first-order chi connectivity index (χ1) is 12.6. The molecule has 3 aromatic rings. The number of nitrogens with zero attached hydrogens (tertiary/aromatic N) is 3. The number of hydrogen-bond donors (Lipinski definition) is 0. The summed E-state index contributed by atoms with van der Waals surface area (Å²) in [7, 11) is 3.96. The lowest BCUT2D eigenvalue weighted by molar-refractivity contribution is 0.0989. The minimum Gasteiger partial charge on any atom is -0.378 e. The Kier molecular flexibility index (Phi) is 4.17. The molecular formula is C22H21N3O. The highest BCUT2D eigenvalue weighted by atomic mass is 16.2. The molecule has 0 saturated carbocycles. The van der Waals surface area contributed by atoms with Crippen LogP contribution in [0, 0.1) is 0 Å². The monoisotopic (exact) mass is 343 g/mol. The van der Waals surface area contributed by atoms with Crippen LogP contribution in [0.2, 0.25) is 0 Å². The highest BCUT2D eigenvalue weighted by Gasteiger charge is 2.26. The van der Waals surface area contributed by atoms with Crippen molar-refractivity contribution in [2.45, 2.75) is 6.42 Å². The Bertz CT molecular complexity index is 951. The summed E-state index contributed by atoms with van der Waals surface area (Å²) in [6.45, 7) is 0.722. The van der Waals surface area contributed by atoms with Gasteiger partial charge in [0.25, 0.3) is 5.91 Å². The van der Waals surface area contributed by atoms with E-state index in [2.05, 4.69) is 23.2 Å². The van der Waals surface area contributed by atoms with Gasteiger partial charge in [-0.05, 0) is 65.6 Å². The maximum atomic E-state index is 13.0. The van der Waals surface area contributed by atoms with E-state index < -0.39 is 0 Å². The molecule has 130 valence electrons. The van der Waals surface area contributed by atoms with Gasteiger partial charge in [0.05, 0.1) is 0 Å². The fraction of sp³-hybridized carbons (Fsp3) is 0.182. The van der Waals surface area contributed by atoms with Crippen LogP contribution in [-0.4, -0.2) is 31.5 Å². The molecule has 0 radical (unpaired) electrons. The third-order valence-corrected chi connectivity index (χ3v) is 4.84. The number of hydrogen-bond acceptors (Lipinski definition) is 3. The van der Waals surface area contributed by atoms with Gasteiger partial charge in [0.15, 0.2) is 0 Å². The van der Waals surface area contributed by atoms with E-state index in [0.29, 0.717) is 0 Å². The van der Waals surface area contributed by atoms with Gasteiger partial charge < -0.3 is 9.80 Å². The summed E-state index contributed by atoms with van der Waals surface area (Å²) in [4.78, 5) is 21.0. The molecule has 2 heterocycles. The van der Waals surface area contributed by atoms with E-state index in [-0.39, 0.29) is 5.91 Å². The van der Waals surface area contributed by atoms with E-state index in [4.69, 9.17) is 0 Å². The van der Waals surface area contributed by atoms with Gasteiger partial charge >= 0.3 is 0 Å². The van der Waals surface area contributed by atoms with Crippen molar-refractivity contribution in [1.29, 1.82) is 0 Å². The lowest BCUT2D eigenvalue weighted by Gasteiger charge is -2.19. The molecule has 4 nitrogen and oxygen atoms in total. The van der Waals surface area contributed by atoms with E-state index in [0.717, 1.165) is 41.0 Å². The SMILES string of the molecule is CN(C)c1cccc(C(=O)N2CCc3cc(-c4ccncc4)ccc32)c1. The number of carbonyl (C=O) groups excluding carboxylic acids is 1. The molecule has 0 unspecified atom stereocenters. The van der Waals surface area contributed by atoms with Gasteiger partial charge in [-0.1, -0.05) is 12.1 Å². The number of carbonyl (C=O) groups is 1. The summed E-state index contributed by atoms with van der Waals surface area (Å²) in [5.74, 6) is 0.0594. The van der Waals surface area contributed by atoms with E-state index in [1.807, 2.05) is 60.3 Å². The minimum absolute atomic E-state index is 0.0594. The number of benzene rings is 2. The van der Waals surface area contributed by atoms with Crippen LogP contribution in [0.25, 0.3) is 11.1 Å². The van der Waals surface area contributed by atoms with Crippen LogP contribution < -0.4 is 9.80 Å². The quantitative estimate of drug-likeness (QED) is 0.721. The second-order valence-corrected chi connectivity index (χ2v) is 6.73. The van der Waals surface area contributed by atoms with E-state index >= 15 is 0 Å². The largest absolute Gasteiger partial charge is 0.378 e. The van der Waals surface area contributed by atoms with Crippen molar-refractivity contribution in [1.82, 2.24) is 4.98 Å². The molecule has 0 bridgehead atoms. The zero-order valence-electron chi connectivity index (χ0n) is 15.0. The lowest BCUT2D eigenvalue weighted by atomic mass is 10.0. The smallest absolute Gasteiger partial charge is 0.258 e. The van der Waals surface area contributed by atoms with Crippen molar-refractivity contribution in [3.63, 3.8) is 0 Å². The van der Waals surface area contributed by atoms with Crippen LogP contribution in [0.15, 0.2) is 67.0 Å². The van der Waals surface area contributed by atoms with Crippen LogP contribution in [0.3, 0.4) is 0 Å². The number of amides is 1. The van der Waals surface area contributed by atoms with Gasteiger partial charge in [-0.15, -0.1) is 0 Å². The molecule has 2 aromatic carbocycles. The Morgan fingerprint density at radius 1 is 1.00 bits per heavy atom. The number of anilines is 2. The highest BCUT2D eigenvalue weighted by Crippen LogP contribution is 2.33. The van der Waals surface area contributed by atoms with Gasteiger partial charge in [-0.25, -0.2) is 0 Å². The van der Waals surface area contributed by atoms with Crippen LogP contribution in [0.4, 0.5) is 11.4 Å². The third kappa shape index (κ3) is 2.94. The molecule has 0 fully saturated rings. The standard InChI is InChI=1S/C22H21N3O/c1-24(2)20-5-3-4-19(15-20)22(26)25-13-10-18-14-17(6-7-21(18)25)16-8-11-23-12-9-16/h3-9,11-12,14-15H,10,13H2,1-2H3. The molecule has 26 heavy (non-hydrogen) atoms. The minimum atomic E-state index is 0.0594. The molecule has 1 aromatic heterocycles. The Morgan fingerprint density at radius 2 is 1.81 bits per heavy atom. The van der Waals surface area contributed by atoms with Crippen LogP contribution in [0.5, 0.6) is 0 Å². The Hall–Kier alpha value is -3.14. The predicted octanol–water partition coefficient (Wildman–Crippen LogP) is 4.02. The van der Waals surface area contributed by atoms with Gasteiger partial charge in [0.2, 0.25) is 0 Å². The van der Waals surface area contributed by atoms with Gasteiger partial charge in [-0.2, -0.15) is 0 Å². The Morgan fingerprint density at radius 3 is 2.58 bits per heavy atom. The van der Waals surface area contributed by atoms with Crippen LogP contribution >= 0.6 is 0 Å². The highest BCUT2D eigenvalue weighted by molar-refractivity contribution is 6.07. The van der Waals surface area contributed by atoms with Crippen molar-refractivity contribution >= 4 is 17.3 Å². The van der Waals surface area contributed by atoms with Crippen LogP contribution in [0.1, 0.15) is 15.9 Å². The summed E-state index contributed by atoms with van der Waals surface area (Å²) in [6.07, 6.45) is 4.49. The van der Waals surface area contributed by atoms with Gasteiger partial charge in [0, 0.05) is 50.0 Å². The van der Waals surface area contributed by atoms with E-state index in [9.17, 15) is 4.79 Å². The molecular weight excluding hydrogens is 322 g/mol. The lowest BCUT2D eigenvalue weighted by Crippen LogP contribution is -2.29. The summed E-state index contributed by atoms with van der Waals surface area (Å²) in [6, 6.07) is 18.1. The Labute approximate surface area is 153 Å².